The van der Waals surface area contributed by atoms with E-state index in [0.717, 1.165) is 22.5 Å². The average molecular weight is 396 g/mol. The minimum Gasteiger partial charge on any atom is -0.309 e. The quantitative estimate of drug-likeness (QED) is 0.484. The zero-order chi connectivity index (χ0) is 20.8. The van der Waals surface area contributed by atoms with Crippen molar-refractivity contribution in [2.45, 2.75) is 13.0 Å². The predicted molar refractivity (Wildman–Crippen MR) is 120 cm³/mol. The molecule has 0 aliphatic rings. The smallest absolute Gasteiger partial charge is 0.239 e. The topological polar surface area (TPSA) is 59.0 Å². The van der Waals surface area contributed by atoms with Crippen LogP contribution in [0, 0.1) is 6.92 Å². The first-order valence-corrected chi connectivity index (χ1v) is 9.96. The highest BCUT2D eigenvalue weighted by Crippen LogP contribution is 2.22. The number of hydrogen-bond acceptors (Lipinski definition) is 3. The number of rotatable bonds is 7. The van der Waals surface area contributed by atoms with Gasteiger partial charge in [-0.1, -0.05) is 78.9 Å². The van der Waals surface area contributed by atoms with Crippen molar-refractivity contribution in [3.8, 4) is 5.69 Å². The molecule has 2 N–H and O–H groups in total. The number of carbonyl (C=O) groups excluding carboxylic acids is 1. The first kappa shape index (κ1) is 19.6. The number of aryl methyl sites for hydroxylation is 1. The number of anilines is 1. The second-order valence-electron chi connectivity index (χ2n) is 7.10. The standard InChI is InChI=1S/C25H24N4O/c1-19-17-23(29(28-19)22-15-9-4-10-16-22)27-24(30)18-26-25(20-11-5-2-6-12-20)21-13-7-3-8-14-21/h2-17,25-26H,18H2,1H3,(H,27,30). The molecule has 0 fully saturated rings. The highest BCUT2D eigenvalue weighted by Gasteiger charge is 2.16. The van der Waals surface area contributed by atoms with Crippen LogP contribution in [0.5, 0.6) is 0 Å². The number of hydrogen-bond donors (Lipinski definition) is 2. The van der Waals surface area contributed by atoms with Gasteiger partial charge < -0.3 is 5.32 Å². The number of amides is 1. The first-order chi connectivity index (χ1) is 14.7. The van der Waals surface area contributed by atoms with Crippen molar-refractivity contribution in [1.29, 1.82) is 0 Å². The highest BCUT2D eigenvalue weighted by atomic mass is 16.2. The van der Waals surface area contributed by atoms with Crippen LogP contribution in [-0.2, 0) is 4.79 Å². The summed E-state index contributed by atoms with van der Waals surface area (Å²) in [7, 11) is 0. The molecule has 5 nitrogen and oxygen atoms in total. The summed E-state index contributed by atoms with van der Waals surface area (Å²) in [5.41, 5.74) is 3.97. The van der Waals surface area contributed by atoms with Crippen LogP contribution < -0.4 is 10.6 Å². The van der Waals surface area contributed by atoms with E-state index < -0.39 is 0 Å². The van der Waals surface area contributed by atoms with E-state index in [9.17, 15) is 4.79 Å². The Morgan fingerprint density at radius 3 is 1.97 bits per heavy atom. The van der Waals surface area contributed by atoms with Gasteiger partial charge in [-0.15, -0.1) is 0 Å². The molecule has 0 aliphatic carbocycles. The molecule has 5 heteroatoms. The number of carbonyl (C=O) groups is 1. The fraction of sp³-hybridized carbons (Fsp3) is 0.120. The maximum absolute atomic E-state index is 12.8. The van der Waals surface area contributed by atoms with E-state index in [1.54, 1.807) is 4.68 Å². The molecule has 3 aromatic carbocycles. The van der Waals surface area contributed by atoms with Crippen LogP contribution in [0.2, 0.25) is 0 Å². The molecule has 0 aliphatic heterocycles. The number of nitrogens with one attached hydrogen (secondary N) is 2. The van der Waals surface area contributed by atoms with Crippen LogP contribution in [0.1, 0.15) is 22.9 Å². The van der Waals surface area contributed by atoms with E-state index >= 15 is 0 Å². The molecule has 0 saturated carbocycles. The van der Waals surface area contributed by atoms with Crippen LogP contribution in [0.4, 0.5) is 5.82 Å². The van der Waals surface area contributed by atoms with Crippen molar-refractivity contribution in [1.82, 2.24) is 15.1 Å². The normalized spacial score (nSPS) is 10.9. The van der Waals surface area contributed by atoms with E-state index in [0.29, 0.717) is 5.82 Å². The van der Waals surface area contributed by atoms with Crippen molar-refractivity contribution < 1.29 is 4.79 Å². The zero-order valence-electron chi connectivity index (χ0n) is 16.8. The Morgan fingerprint density at radius 1 is 0.867 bits per heavy atom. The Kier molecular flexibility index (Phi) is 6.01. The lowest BCUT2D eigenvalue weighted by molar-refractivity contribution is -0.115. The molecule has 0 radical (unpaired) electrons. The van der Waals surface area contributed by atoms with Crippen LogP contribution >= 0.6 is 0 Å². The van der Waals surface area contributed by atoms with Gasteiger partial charge in [-0.05, 0) is 30.2 Å². The van der Waals surface area contributed by atoms with E-state index in [1.165, 1.54) is 0 Å². The van der Waals surface area contributed by atoms with Crippen molar-refractivity contribution >= 4 is 11.7 Å². The van der Waals surface area contributed by atoms with Crippen LogP contribution in [0.3, 0.4) is 0 Å². The molecule has 0 spiro atoms. The van der Waals surface area contributed by atoms with Crippen molar-refractivity contribution in [3.63, 3.8) is 0 Å². The molecule has 150 valence electrons. The highest BCUT2D eigenvalue weighted by molar-refractivity contribution is 5.91. The van der Waals surface area contributed by atoms with Crippen molar-refractivity contribution in [3.05, 3.63) is 114 Å². The summed E-state index contributed by atoms with van der Waals surface area (Å²) in [6.07, 6.45) is 0. The van der Waals surface area contributed by atoms with Gasteiger partial charge in [-0.2, -0.15) is 5.10 Å². The predicted octanol–water partition coefficient (Wildman–Crippen LogP) is 4.50. The SMILES string of the molecule is Cc1cc(NC(=O)CNC(c2ccccc2)c2ccccc2)n(-c2ccccc2)n1. The van der Waals surface area contributed by atoms with Gasteiger partial charge in [0.1, 0.15) is 5.82 Å². The van der Waals surface area contributed by atoms with Gasteiger partial charge in [0.05, 0.1) is 24.0 Å². The second kappa shape index (κ2) is 9.20. The monoisotopic (exact) mass is 396 g/mol. The number of aromatic nitrogens is 2. The minimum atomic E-state index is -0.121. The fourth-order valence-corrected chi connectivity index (χ4v) is 3.46. The Bertz CT molecular complexity index is 1050. The Labute approximate surface area is 176 Å². The summed E-state index contributed by atoms with van der Waals surface area (Å²) in [4.78, 5) is 12.8. The lowest BCUT2D eigenvalue weighted by atomic mass is 9.99. The number of benzene rings is 3. The maximum Gasteiger partial charge on any atom is 0.239 e. The molecule has 0 atom stereocenters. The van der Waals surface area contributed by atoms with Gasteiger partial charge >= 0.3 is 0 Å². The van der Waals surface area contributed by atoms with Gasteiger partial charge in [-0.25, -0.2) is 4.68 Å². The van der Waals surface area contributed by atoms with Crippen LogP contribution in [0.25, 0.3) is 5.69 Å². The minimum absolute atomic E-state index is 0.0704. The lowest BCUT2D eigenvalue weighted by Crippen LogP contribution is -2.32. The summed E-state index contributed by atoms with van der Waals surface area (Å²) < 4.78 is 1.75. The molecule has 1 heterocycles. The van der Waals surface area contributed by atoms with E-state index in [1.807, 2.05) is 79.7 Å². The summed E-state index contributed by atoms with van der Waals surface area (Å²) in [6.45, 7) is 2.08. The summed E-state index contributed by atoms with van der Waals surface area (Å²) in [5, 5.41) is 10.9. The molecule has 1 aromatic heterocycles. The largest absolute Gasteiger partial charge is 0.309 e. The van der Waals surface area contributed by atoms with E-state index in [-0.39, 0.29) is 18.5 Å². The Balaban J connectivity index is 1.49. The third-order valence-electron chi connectivity index (χ3n) is 4.83. The molecule has 4 rings (SSSR count). The molecule has 0 saturated heterocycles. The Morgan fingerprint density at radius 2 is 1.40 bits per heavy atom. The third kappa shape index (κ3) is 4.64. The molecular formula is C25H24N4O. The Hall–Kier alpha value is -3.70. The summed E-state index contributed by atoms with van der Waals surface area (Å²) >= 11 is 0. The fourth-order valence-electron chi connectivity index (χ4n) is 3.46. The van der Waals surface area contributed by atoms with Gasteiger partial charge in [0, 0.05) is 6.07 Å². The summed E-state index contributed by atoms with van der Waals surface area (Å²) in [5.74, 6) is 0.533. The van der Waals surface area contributed by atoms with Gasteiger partial charge in [0.15, 0.2) is 0 Å². The lowest BCUT2D eigenvalue weighted by Gasteiger charge is -2.20. The van der Waals surface area contributed by atoms with E-state index in [2.05, 4.69) is 40.0 Å². The van der Waals surface area contributed by atoms with Crippen molar-refractivity contribution in [2.24, 2.45) is 0 Å². The maximum atomic E-state index is 12.8. The number of nitrogens with zero attached hydrogens (tertiary/aromatic N) is 2. The summed E-state index contributed by atoms with van der Waals surface area (Å²) in [6, 6.07) is 31.8. The van der Waals surface area contributed by atoms with Gasteiger partial charge in [-0.3, -0.25) is 10.1 Å². The molecule has 1 amide bonds. The van der Waals surface area contributed by atoms with Crippen LogP contribution in [0.15, 0.2) is 97.1 Å². The van der Waals surface area contributed by atoms with Crippen molar-refractivity contribution in [2.75, 3.05) is 11.9 Å². The molecular weight excluding hydrogens is 372 g/mol. The van der Waals surface area contributed by atoms with E-state index in [4.69, 9.17) is 0 Å². The molecule has 0 unspecified atom stereocenters. The third-order valence-corrected chi connectivity index (χ3v) is 4.83. The molecule has 0 bridgehead atoms. The van der Waals surface area contributed by atoms with Gasteiger partial charge in [0.25, 0.3) is 0 Å². The second-order valence-corrected chi connectivity index (χ2v) is 7.10. The molecule has 30 heavy (non-hydrogen) atoms. The first-order valence-electron chi connectivity index (χ1n) is 9.96. The zero-order valence-corrected chi connectivity index (χ0v) is 16.8. The average Bonchev–Trinajstić information content (AvgIpc) is 3.16. The van der Waals surface area contributed by atoms with Gasteiger partial charge in [0.2, 0.25) is 5.91 Å². The molecule has 4 aromatic rings. The van der Waals surface area contributed by atoms with Crippen LogP contribution in [-0.4, -0.2) is 22.2 Å². The number of para-hydroxylation sites is 1.